The van der Waals surface area contributed by atoms with Gasteiger partial charge in [0, 0.05) is 13.1 Å². The zero-order chi connectivity index (χ0) is 7.56. The Morgan fingerprint density at radius 1 is 1.80 bits per heavy atom. The van der Waals surface area contributed by atoms with E-state index in [0.29, 0.717) is 25.6 Å². The molecule has 1 unspecified atom stereocenters. The molecule has 0 radical (unpaired) electrons. The van der Waals surface area contributed by atoms with Gasteiger partial charge in [0.05, 0.1) is 0 Å². The smallest absolute Gasteiger partial charge is 0.136 e. The molecule has 1 aliphatic heterocycles. The van der Waals surface area contributed by atoms with Gasteiger partial charge in [0.1, 0.15) is 6.09 Å². The highest BCUT2D eigenvalue weighted by atomic mass is 16.4. The Bertz CT molecular complexity index is 138. The number of carbonyl (C=O) groups is 1. The van der Waals surface area contributed by atoms with Crippen LogP contribution in [-0.4, -0.2) is 30.6 Å². The monoisotopic (exact) mass is 143 g/mol. The molecular formula is C6H11N2O2-. The van der Waals surface area contributed by atoms with Crippen molar-refractivity contribution in [2.45, 2.75) is 6.42 Å². The van der Waals surface area contributed by atoms with Crippen molar-refractivity contribution in [3.63, 3.8) is 0 Å². The number of amides is 1. The number of nitrogens with zero attached hydrogens (tertiary/aromatic N) is 1. The summed E-state index contributed by atoms with van der Waals surface area (Å²) >= 11 is 0. The van der Waals surface area contributed by atoms with Crippen LogP contribution in [0.15, 0.2) is 0 Å². The number of rotatable bonds is 1. The molecule has 1 saturated heterocycles. The molecule has 1 fully saturated rings. The van der Waals surface area contributed by atoms with E-state index >= 15 is 0 Å². The van der Waals surface area contributed by atoms with Crippen LogP contribution in [0.2, 0.25) is 0 Å². The van der Waals surface area contributed by atoms with Crippen LogP contribution < -0.4 is 10.8 Å². The topological polar surface area (TPSA) is 69.4 Å². The van der Waals surface area contributed by atoms with Crippen LogP contribution in [0.4, 0.5) is 4.79 Å². The lowest BCUT2D eigenvalue weighted by Crippen LogP contribution is -2.39. The fourth-order valence-electron chi connectivity index (χ4n) is 1.19. The third kappa shape index (κ3) is 1.39. The van der Waals surface area contributed by atoms with Crippen molar-refractivity contribution in [2.24, 2.45) is 11.7 Å². The van der Waals surface area contributed by atoms with Gasteiger partial charge in [0.25, 0.3) is 0 Å². The summed E-state index contributed by atoms with van der Waals surface area (Å²) in [5.41, 5.74) is 5.36. The second-order valence-electron chi connectivity index (χ2n) is 2.60. The van der Waals surface area contributed by atoms with Gasteiger partial charge < -0.3 is 20.5 Å². The summed E-state index contributed by atoms with van der Waals surface area (Å²) in [5.74, 6) is 0.345. The first-order valence-electron chi connectivity index (χ1n) is 3.40. The first-order chi connectivity index (χ1) is 4.74. The number of likely N-dealkylation sites (tertiary alicyclic amines) is 1. The molecule has 1 heterocycles. The highest BCUT2D eigenvalue weighted by molar-refractivity contribution is 5.62. The molecule has 0 aromatic heterocycles. The second kappa shape index (κ2) is 2.88. The third-order valence-corrected chi connectivity index (χ3v) is 1.88. The van der Waals surface area contributed by atoms with Crippen LogP contribution in [0, 0.1) is 5.92 Å². The Kier molecular flexibility index (Phi) is 2.11. The Labute approximate surface area is 59.6 Å². The van der Waals surface area contributed by atoms with Gasteiger partial charge >= 0.3 is 0 Å². The molecule has 1 amide bonds. The summed E-state index contributed by atoms with van der Waals surface area (Å²) in [7, 11) is 0. The maximum absolute atomic E-state index is 10.2. The van der Waals surface area contributed by atoms with E-state index in [4.69, 9.17) is 5.73 Å². The molecule has 0 bridgehead atoms. The number of hydrogen-bond donors (Lipinski definition) is 1. The SMILES string of the molecule is NCC1CCN(C(=O)[O-])C1. The summed E-state index contributed by atoms with van der Waals surface area (Å²) in [4.78, 5) is 11.5. The number of carbonyl (C=O) groups excluding carboxylic acids is 1. The summed E-state index contributed by atoms with van der Waals surface area (Å²) in [6, 6.07) is 0. The Hall–Kier alpha value is -0.770. The predicted octanol–water partition coefficient (Wildman–Crippen LogP) is -1.39. The molecule has 4 heteroatoms. The normalized spacial score (nSPS) is 25.3. The molecule has 0 aliphatic carbocycles. The summed E-state index contributed by atoms with van der Waals surface area (Å²) in [6.07, 6.45) is -0.194. The highest BCUT2D eigenvalue weighted by Gasteiger charge is 2.20. The highest BCUT2D eigenvalue weighted by Crippen LogP contribution is 2.13. The summed E-state index contributed by atoms with van der Waals surface area (Å²) in [5, 5.41) is 10.2. The molecule has 58 valence electrons. The minimum atomic E-state index is -1.07. The van der Waals surface area contributed by atoms with Crippen LogP contribution in [0.25, 0.3) is 0 Å². The van der Waals surface area contributed by atoms with E-state index in [1.54, 1.807) is 0 Å². The summed E-state index contributed by atoms with van der Waals surface area (Å²) < 4.78 is 0. The van der Waals surface area contributed by atoms with Crippen molar-refractivity contribution in [3.8, 4) is 0 Å². The van der Waals surface area contributed by atoms with E-state index in [0.717, 1.165) is 6.42 Å². The Balaban J connectivity index is 2.35. The van der Waals surface area contributed by atoms with Gasteiger partial charge in [-0.05, 0) is 18.9 Å². The van der Waals surface area contributed by atoms with E-state index in [-0.39, 0.29) is 0 Å². The van der Waals surface area contributed by atoms with Crippen molar-refractivity contribution in [1.29, 1.82) is 0 Å². The lowest BCUT2D eigenvalue weighted by atomic mass is 10.1. The quantitative estimate of drug-likeness (QED) is 0.491. The molecule has 0 spiro atoms. The van der Waals surface area contributed by atoms with E-state index in [2.05, 4.69) is 0 Å². The minimum absolute atomic E-state index is 0.345. The molecule has 0 aromatic carbocycles. The van der Waals surface area contributed by atoms with Crippen LogP contribution in [0.3, 0.4) is 0 Å². The largest absolute Gasteiger partial charge is 0.530 e. The zero-order valence-corrected chi connectivity index (χ0v) is 5.75. The van der Waals surface area contributed by atoms with Gasteiger partial charge in [-0.15, -0.1) is 0 Å². The fraction of sp³-hybridized carbons (Fsp3) is 0.833. The Morgan fingerprint density at radius 2 is 2.50 bits per heavy atom. The molecule has 1 atom stereocenters. The number of nitrogens with two attached hydrogens (primary N) is 1. The third-order valence-electron chi connectivity index (χ3n) is 1.88. The number of hydrogen-bond acceptors (Lipinski definition) is 3. The van der Waals surface area contributed by atoms with Gasteiger partial charge in [-0.2, -0.15) is 0 Å². The Morgan fingerprint density at radius 3 is 2.80 bits per heavy atom. The van der Waals surface area contributed by atoms with Gasteiger partial charge in [-0.1, -0.05) is 0 Å². The van der Waals surface area contributed by atoms with Crippen LogP contribution in [-0.2, 0) is 0 Å². The van der Waals surface area contributed by atoms with Gasteiger partial charge in [-0.25, -0.2) is 0 Å². The van der Waals surface area contributed by atoms with E-state index in [1.807, 2.05) is 0 Å². The average molecular weight is 143 g/mol. The average Bonchev–Trinajstić information content (AvgIpc) is 2.34. The van der Waals surface area contributed by atoms with Crippen LogP contribution in [0.1, 0.15) is 6.42 Å². The molecular weight excluding hydrogens is 132 g/mol. The maximum atomic E-state index is 10.2. The predicted molar refractivity (Wildman–Crippen MR) is 34.1 cm³/mol. The molecule has 10 heavy (non-hydrogen) atoms. The molecule has 2 N–H and O–H groups in total. The number of carboxylic acid groups (broad SMARTS) is 1. The second-order valence-corrected chi connectivity index (χ2v) is 2.60. The lowest BCUT2D eigenvalue weighted by Gasteiger charge is -2.17. The van der Waals surface area contributed by atoms with Crippen molar-refractivity contribution < 1.29 is 9.90 Å². The zero-order valence-electron chi connectivity index (χ0n) is 5.75. The molecule has 4 nitrogen and oxygen atoms in total. The van der Waals surface area contributed by atoms with Crippen molar-refractivity contribution >= 4 is 6.09 Å². The van der Waals surface area contributed by atoms with E-state index in [1.165, 1.54) is 4.90 Å². The first kappa shape index (κ1) is 7.34. The maximum Gasteiger partial charge on any atom is 0.136 e. The fourth-order valence-corrected chi connectivity index (χ4v) is 1.19. The summed E-state index contributed by atoms with van der Waals surface area (Å²) in [6.45, 7) is 1.72. The minimum Gasteiger partial charge on any atom is -0.530 e. The van der Waals surface area contributed by atoms with Gasteiger partial charge in [0.2, 0.25) is 0 Å². The van der Waals surface area contributed by atoms with Gasteiger partial charge in [0.15, 0.2) is 0 Å². The van der Waals surface area contributed by atoms with E-state index < -0.39 is 6.09 Å². The van der Waals surface area contributed by atoms with Crippen LogP contribution in [0.5, 0.6) is 0 Å². The van der Waals surface area contributed by atoms with Crippen molar-refractivity contribution in [2.75, 3.05) is 19.6 Å². The molecule has 0 saturated carbocycles. The standard InChI is InChI=1S/C6H12N2O2/c7-3-5-1-2-8(4-5)6(9)10/h5H,1-4,7H2,(H,9,10)/p-1. The molecule has 0 aromatic rings. The van der Waals surface area contributed by atoms with Gasteiger partial charge in [-0.3, -0.25) is 0 Å². The first-order valence-corrected chi connectivity index (χ1v) is 3.40. The van der Waals surface area contributed by atoms with Crippen LogP contribution >= 0.6 is 0 Å². The molecule has 1 rings (SSSR count). The van der Waals surface area contributed by atoms with Crippen molar-refractivity contribution in [3.05, 3.63) is 0 Å². The molecule has 1 aliphatic rings. The van der Waals surface area contributed by atoms with E-state index in [9.17, 15) is 9.90 Å². The van der Waals surface area contributed by atoms with Crippen molar-refractivity contribution in [1.82, 2.24) is 4.90 Å². The lowest BCUT2D eigenvalue weighted by molar-refractivity contribution is -0.264.